The van der Waals surface area contributed by atoms with E-state index < -0.39 is 11.8 Å². The predicted octanol–water partition coefficient (Wildman–Crippen LogP) is -0.704. The highest BCUT2D eigenvalue weighted by molar-refractivity contribution is 6.39. The maximum Gasteiger partial charge on any atom is 0.316 e. The smallest absolute Gasteiger partial charge is 0.316 e. The molecule has 1 aromatic heterocycles. The van der Waals surface area contributed by atoms with Crippen LogP contribution in [0.15, 0.2) is 6.33 Å². The van der Waals surface area contributed by atoms with E-state index in [9.17, 15) is 9.59 Å². The van der Waals surface area contributed by atoms with Crippen molar-refractivity contribution in [2.75, 3.05) is 32.5 Å². The van der Waals surface area contributed by atoms with Crippen LogP contribution in [0.25, 0.3) is 0 Å². The minimum Gasteiger partial charge on any atom is -0.334 e. The number of amides is 2. The van der Waals surface area contributed by atoms with Crippen LogP contribution in [-0.2, 0) is 9.59 Å². The Balaban J connectivity index is 1.89. The number of nitrogens with zero attached hydrogens (tertiary/aromatic N) is 4. The average Bonchev–Trinajstić information content (AvgIpc) is 2.90. The standard InChI is InChI=1S/C11H18N6O2/c1-16-5-3-8(4-6-16)17(2)10(19)9(18)14-11-12-7-13-15-11/h7-8H,3-6H2,1-2H3,(H2,12,13,14,15,18). The second kappa shape index (κ2) is 5.79. The van der Waals surface area contributed by atoms with Gasteiger partial charge in [-0.15, -0.1) is 0 Å². The van der Waals surface area contributed by atoms with Gasteiger partial charge in [-0.25, -0.2) is 5.10 Å². The largest absolute Gasteiger partial charge is 0.334 e. The molecule has 2 heterocycles. The first kappa shape index (κ1) is 13.5. The number of anilines is 1. The molecule has 0 aromatic carbocycles. The number of aromatic nitrogens is 3. The second-order valence-electron chi connectivity index (χ2n) is 4.74. The lowest BCUT2D eigenvalue weighted by molar-refractivity contribution is -0.144. The maximum atomic E-state index is 12.0. The van der Waals surface area contributed by atoms with Gasteiger partial charge in [0.15, 0.2) is 0 Å². The van der Waals surface area contributed by atoms with Crippen LogP contribution in [0, 0.1) is 0 Å². The van der Waals surface area contributed by atoms with Gasteiger partial charge in [-0.2, -0.15) is 10.1 Å². The van der Waals surface area contributed by atoms with E-state index in [2.05, 4.69) is 32.4 Å². The van der Waals surface area contributed by atoms with Crippen LogP contribution < -0.4 is 5.32 Å². The highest BCUT2D eigenvalue weighted by Gasteiger charge is 2.28. The molecule has 0 atom stereocenters. The van der Waals surface area contributed by atoms with Crippen molar-refractivity contribution in [3.05, 3.63) is 6.33 Å². The van der Waals surface area contributed by atoms with Crippen LogP contribution in [0.2, 0.25) is 0 Å². The second-order valence-corrected chi connectivity index (χ2v) is 4.74. The zero-order chi connectivity index (χ0) is 13.8. The minimum atomic E-state index is -0.696. The molecule has 8 nitrogen and oxygen atoms in total. The van der Waals surface area contributed by atoms with E-state index in [1.54, 1.807) is 7.05 Å². The number of hydrogen-bond donors (Lipinski definition) is 2. The zero-order valence-electron chi connectivity index (χ0n) is 11.1. The van der Waals surface area contributed by atoms with Gasteiger partial charge in [-0.1, -0.05) is 0 Å². The highest BCUT2D eigenvalue weighted by Crippen LogP contribution is 2.14. The molecule has 0 radical (unpaired) electrons. The van der Waals surface area contributed by atoms with E-state index in [0.717, 1.165) is 25.9 Å². The number of likely N-dealkylation sites (tertiary alicyclic amines) is 1. The molecular weight excluding hydrogens is 248 g/mol. The van der Waals surface area contributed by atoms with Crippen LogP contribution in [0.1, 0.15) is 12.8 Å². The Labute approximate surface area is 111 Å². The lowest BCUT2D eigenvalue weighted by Gasteiger charge is -2.34. The molecule has 2 N–H and O–H groups in total. The van der Waals surface area contributed by atoms with E-state index in [1.165, 1.54) is 11.2 Å². The normalized spacial score (nSPS) is 17.2. The van der Waals surface area contributed by atoms with Gasteiger partial charge in [0, 0.05) is 13.1 Å². The quantitative estimate of drug-likeness (QED) is 0.690. The van der Waals surface area contributed by atoms with Gasteiger partial charge < -0.3 is 9.80 Å². The van der Waals surface area contributed by atoms with E-state index in [4.69, 9.17) is 0 Å². The number of piperidine rings is 1. The Bertz CT molecular complexity index is 438. The minimum absolute atomic E-state index is 0.115. The van der Waals surface area contributed by atoms with Gasteiger partial charge in [0.05, 0.1) is 0 Å². The molecule has 2 rings (SSSR count). The molecule has 8 heteroatoms. The van der Waals surface area contributed by atoms with Crippen molar-refractivity contribution >= 4 is 17.8 Å². The van der Waals surface area contributed by atoms with Gasteiger partial charge in [-0.05, 0) is 33.0 Å². The summed E-state index contributed by atoms with van der Waals surface area (Å²) in [6.45, 7) is 1.87. The molecule has 1 aromatic rings. The van der Waals surface area contributed by atoms with Crippen molar-refractivity contribution in [1.29, 1.82) is 0 Å². The van der Waals surface area contributed by atoms with Crippen molar-refractivity contribution < 1.29 is 9.59 Å². The van der Waals surface area contributed by atoms with Gasteiger partial charge in [-0.3, -0.25) is 14.9 Å². The van der Waals surface area contributed by atoms with Crippen molar-refractivity contribution in [3.8, 4) is 0 Å². The number of likely N-dealkylation sites (N-methyl/N-ethyl adjacent to an activating group) is 1. The van der Waals surface area contributed by atoms with E-state index in [1.807, 2.05) is 0 Å². The summed E-state index contributed by atoms with van der Waals surface area (Å²) in [7, 11) is 3.72. The molecule has 1 aliphatic heterocycles. The monoisotopic (exact) mass is 266 g/mol. The average molecular weight is 266 g/mol. The fraction of sp³-hybridized carbons (Fsp3) is 0.636. The number of carbonyl (C=O) groups is 2. The molecule has 0 aliphatic carbocycles. The first-order valence-electron chi connectivity index (χ1n) is 6.20. The van der Waals surface area contributed by atoms with E-state index in [-0.39, 0.29) is 12.0 Å². The number of carbonyl (C=O) groups excluding carboxylic acids is 2. The highest BCUT2D eigenvalue weighted by atomic mass is 16.2. The Hall–Kier alpha value is -1.96. The van der Waals surface area contributed by atoms with Crippen molar-refractivity contribution in [1.82, 2.24) is 25.0 Å². The number of aromatic amines is 1. The first-order valence-corrected chi connectivity index (χ1v) is 6.20. The summed E-state index contributed by atoms with van der Waals surface area (Å²) in [5.41, 5.74) is 0. The summed E-state index contributed by atoms with van der Waals surface area (Å²) in [5.74, 6) is -1.07. The Kier molecular flexibility index (Phi) is 4.10. The number of nitrogens with one attached hydrogen (secondary N) is 2. The summed E-state index contributed by atoms with van der Waals surface area (Å²) in [5, 5.41) is 8.45. The molecule has 1 aliphatic rings. The van der Waals surface area contributed by atoms with Crippen molar-refractivity contribution in [2.24, 2.45) is 0 Å². The summed E-state index contributed by atoms with van der Waals surface area (Å²) < 4.78 is 0. The molecular formula is C11H18N6O2. The summed E-state index contributed by atoms with van der Waals surface area (Å²) in [4.78, 5) is 31.2. The lowest BCUT2D eigenvalue weighted by Crippen LogP contribution is -2.48. The molecule has 2 amide bonds. The lowest BCUT2D eigenvalue weighted by atomic mass is 10.0. The van der Waals surface area contributed by atoms with Gasteiger partial charge in [0.1, 0.15) is 6.33 Å². The SMILES string of the molecule is CN1CCC(N(C)C(=O)C(=O)Nc2ncn[nH]2)CC1. The van der Waals surface area contributed by atoms with E-state index >= 15 is 0 Å². The number of hydrogen-bond acceptors (Lipinski definition) is 5. The first-order chi connectivity index (χ1) is 9.08. The third-order valence-electron chi connectivity index (χ3n) is 3.40. The maximum absolute atomic E-state index is 12.0. The van der Waals surface area contributed by atoms with Crippen molar-refractivity contribution in [2.45, 2.75) is 18.9 Å². The molecule has 0 unspecified atom stereocenters. The summed E-state index contributed by atoms with van der Waals surface area (Å²) >= 11 is 0. The summed E-state index contributed by atoms with van der Waals surface area (Å²) in [6.07, 6.45) is 3.03. The third kappa shape index (κ3) is 3.28. The molecule has 0 bridgehead atoms. The van der Waals surface area contributed by atoms with Crippen LogP contribution in [0.5, 0.6) is 0 Å². The molecule has 1 fully saturated rings. The van der Waals surface area contributed by atoms with Crippen LogP contribution in [0.4, 0.5) is 5.95 Å². The molecule has 1 saturated heterocycles. The third-order valence-corrected chi connectivity index (χ3v) is 3.40. The Morgan fingerprint density at radius 3 is 2.74 bits per heavy atom. The molecule has 19 heavy (non-hydrogen) atoms. The zero-order valence-corrected chi connectivity index (χ0v) is 11.1. The molecule has 104 valence electrons. The van der Waals surface area contributed by atoms with Gasteiger partial charge >= 0.3 is 11.8 Å². The number of H-pyrrole nitrogens is 1. The van der Waals surface area contributed by atoms with Gasteiger partial charge in [0.25, 0.3) is 0 Å². The predicted molar refractivity (Wildman–Crippen MR) is 68.3 cm³/mol. The molecule has 0 spiro atoms. The van der Waals surface area contributed by atoms with Crippen LogP contribution in [0.3, 0.4) is 0 Å². The topological polar surface area (TPSA) is 94.2 Å². The van der Waals surface area contributed by atoms with Gasteiger partial charge in [0.2, 0.25) is 5.95 Å². The molecule has 0 saturated carbocycles. The Morgan fingerprint density at radius 1 is 1.47 bits per heavy atom. The fourth-order valence-corrected chi connectivity index (χ4v) is 2.13. The summed E-state index contributed by atoms with van der Waals surface area (Å²) in [6, 6.07) is 0.115. The number of rotatable bonds is 2. The van der Waals surface area contributed by atoms with Crippen LogP contribution >= 0.6 is 0 Å². The van der Waals surface area contributed by atoms with Crippen LogP contribution in [-0.4, -0.2) is 70.0 Å². The Morgan fingerprint density at radius 2 is 2.16 bits per heavy atom. The van der Waals surface area contributed by atoms with Crippen molar-refractivity contribution in [3.63, 3.8) is 0 Å². The fourth-order valence-electron chi connectivity index (χ4n) is 2.13. The van der Waals surface area contributed by atoms with E-state index in [0.29, 0.717) is 0 Å².